The second kappa shape index (κ2) is 5.35. The van der Waals surface area contributed by atoms with Gasteiger partial charge in [-0.15, -0.1) is 12.6 Å². The lowest BCUT2D eigenvalue weighted by Gasteiger charge is -2.07. The highest BCUT2D eigenvalue weighted by molar-refractivity contribution is 7.59. The molecule has 0 heterocycles. The Balaban J connectivity index is 0.000000423. The predicted molar refractivity (Wildman–Crippen MR) is 53.7 cm³/mol. The molecule has 0 atom stereocenters. The first-order valence-corrected chi connectivity index (χ1v) is 5.02. The van der Waals surface area contributed by atoms with Crippen molar-refractivity contribution in [2.75, 3.05) is 0 Å². The summed E-state index contributed by atoms with van der Waals surface area (Å²) in [5.74, 6) is -0.00407. The van der Waals surface area contributed by atoms with Crippen LogP contribution < -0.4 is 0 Å². The summed E-state index contributed by atoms with van der Waals surface area (Å²) in [7, 11) is -3.11. The van der Waals surface area contributed by atoms with Crippen LogP contribution in [0.15, 0.2) is 6.07 Å². The van der Waals surface area contributed by atoms with Crippen molar-refractivity contribution in [1.82, 2.24) is 0 Å². The van der Waals surface area contributed by atoms with Gasteiger partial charge in [-0.1, -0.05) is 6.07 Å². The minimum absolute atomic E-state index is 0.00231. The first-order chi connectivity index (χ1) is 6.77. The maximum absolute atomic E-state index is 9.32. The van der Waals surface area contributed by atoms with E-state index in [0.717, 1.165) is 11.1 Å². The Kier molecular flexibility index (Phi) is 4.80. The molecule has 5 nitrogen and oxygen atoms in total. The van der Waals surface area contributed by atoms with Crippen LogP contribution in [-0.2, 0) is 10.6 Å². The molecule has 0 aliphatic heterocycles. The molecule has 0 aliphatic carbocycles. The van der Waals surface area contributed by atoms with Crippen LogP contribution in [-0.4, -0.2) is 22.8 Å². The Morgan fingerprint density at radius 2 is 1.33 bits per heavy atom. The highest BCUT2D eigenvalue weighted by Crippen LogP contribution is 2.33. The van der Waals surface area contributed by atoms with Crippen LogP contribution in [0.1, 0.15) is 16.7 Å². The Labute approximate surface area is 89.1 Å². The molecule has 0 radical (unpaired) electrons. The molecule has 6 heteroatoms. The first kappa shape index (κ1) is 13.4. The van der Waals surface area contributed by atoms with Crippen molar-refractivity contribution in [2.45, 2.75) is 20.8 Å². The van der Waals surface area contributed by atoms with Crippen LogP contribution in [0, 0.1) is 20.8 Å². The van der Waals surface area contributed by atoms with E-state index < -0.39 is 10.6 Å². The number of rotatable bonds is 0. The van der Waals surface area contributed by atoms with Gasteiger partial charge in [-0.25, -0.2) is 0 Å². The molecule has 84 valence electrons. The molecule has 1 rings (SSSR count). The number of aromatic hydroxyl groups is 2. The summed E-state index contributed by atoms with van der Waals surface area (Å²) in [6.07, 6.45) is 0. The average Bonchev–Trinajstić information content (AvgIpc) is 2.11. The van der Waals surface area contributed by atoms with E-state index in [9.17, 15) is 10.2 Å². The van der Waals surface area contributed by atoms with Crippen LogP contribution >= 0.6 is 0 Å². The quantitative estimate of drug-likeness (QED) is 0.651. The van der Waals surface area contributed by atoms with E-state index in [1.807, 2.05) is 13.0 Å². The normalized spacial score (nSPS) is 9.00. The van der Waals surface area contributed by atoms with Crippen molar-refractivity contribution < 1.29 is 22.8 Å². The number of aryl methyl sites for hydroxylation is 2. The third-order valence-corrected chi connectivity index (χ3v) is 1.98. The van der Waals surface area contributed by atoms with Gasteiger partial charge < -0.3 is 10.2 Å². The second-order valence-electron chi connectivity index (χ2n) is 3.04. The van der Waals surface area contributed by atoms with E-state index in [-0.39, 0.29) is 11.5 Å². The summed E-state index contributed by atoms with van der Waals surface area (Å²) >= 11 is 0. The number of hydrogen-bond acceptors (Lipinski definition) is 5. The fourth-order valence-corrected chi connectivity index (χ4v) is 1.05. The zero-order valence-corrected chi connectivity index (χ0v) is 9.42. The number of benzene rings is 1. The molecule has 0 fully saturated rings. The molecule has 0 saturated carbocycles. The van der Waals surface area contributed by atoms with Gasteiger partial charge in [0.2, 0.25) is 0 Å². The summed E-state index contributed by atoms with van der Waals surface area (Å²) in [6.45, 7) is 5.45. The molecule has 0 amide bonds. The topological polar surface area (TPSA) is 91.7 Å². The van der Waals surface area contributed by atoms with Gasteiger partial charge in [0.15, 0.2) is 11.5 Å². The van der Waals surface area contributed by atoms with E-state index >= 15 is 0 Å². The number of phenols is 2. The van der Waals surface area contributed by atoms with Crippen molar-refractivity contribution in [3.63, 3.8) is 0 Å². The van der Waals surface area contributed by atoms with E-state index in [1.54, 1.807) is 13.8 Å². The summed E-state index contributed by atoms with van der Waals surface area (Å²) < 4.78 is 25.3. The highest BCUT2D eigenvalue weighted by atomic mass is 32.2. The van der Waals surface area contributed by atoms with E-state index in [1.165, 1.54) is 0 Å². The Hall–Kier alpha value is -1.56. The molecular formula is C9H12O5S. The first-order valence-electron chi connectivity index (χ1n) is 4.02. The molecule has 1 aromatic rings. The standard InChI is InChI=1S/C9H12O2.O3S/c1-5-4-6(2)8(10)9(11)7(5)3;1-4(2)3/h4,10-11H,1-3H3;. The van der Waals surface area contributed by atoms with Gasteiger partial charge >= 0.3 is 10.6 Å². The van der Waals surface area contributed by atoms with Gasteiger partial charge in [0.1, 0.15) is 0 Å². The molecule has 0 saturated heterocycles. The third-order valence-electron chi connectivity index (χ3n) is 1.98. The van der Waals surface area contributed by atoms with Gasteiger partial charge in [0.25, 0.3) is 0 Å². The van der Waals surface area contributed by atoms with Crippen LogP contribution in [0.2, 0.25) is 0 Å². The second-order valence-corrected chi connectivity index (χ2v) is 3.44. The molecule has 1 aromatic carbocycles. The molecule has 0 unspecified atom stereocenters. The van der Waals surface area contributed by atoms with Crippen LogP contribution in [0.25, 0.3) is 0 Å². The average molecular weight is 232 g/mol. The molecule has 0 aromatic heterocycles. The van der Waals surface area contributed by atoms with E-state index in [4.69, 9.17) is 12.6 Å². The van der Waals surface area contributed by atoms with Crippen LogP contribution in [0.4, 0.5) is 0 Å². The molecular weight excluding hydrogens is 220 g/mol. The molecule has 2 N–H and O–H groups in total. The highest BCUT2D eigenvalue weighted by Gasteiger charge is 2.07. The van der Waals surface area contributed by atoms with Crippen molar-refractivity contribution in [3.8, 4) is 11.5 Å². The monoisotopic (exact) mass is 232 g/mol. The summed E-state index contributed by atoms with van der Waals surface area (Å²) in [6, 6.07) is 1.85. The van der Waals surface area contributed by atoms with Gasteiger partial charge in [-0.2, -0.15) is 0 Å². The van der Waals surface area contributed by atoms with Crippen molar-refractivity contribution in [2.24, 2.45) is 0 Å². The van der Waals surface area contributed by atoms with Gasteiger partial charge in [0.05, 0.1) is 0 Å². The maximum Gasteiger partial charge on any atom is 0.425 e. The van der Waals surface area contributed by atoms with Crippen molar-refractivity contribution in [3.05, 3.63) is 22.8 Å². The van der Waals surface area contributed by atoms with E-state index in [2.05, 4.69) is 0 Å². The fraction of sp³-hybridized carbons (Fsp3) is 0.333. The van der Waals surface area contributed by atoms with Crippen molar-refractivity contribution >= 4 is 10.6 Å². The lowest BCUT2D eigenvalue weighted by Crippen LogP contribution is -1.85. The SMILES string of the molecule is Cc1cc(C)c(O)c(O)c1C.O=S(=O)=O. The number of hydrogen-bond donors (Lipinski definition) is 2. The Morgan fingerprint density at radius 1 is 0.933 bits per heavy atom. The third kappa shape index (κ3) is 3.99. The minimum Gasteiger partial charge on any atom is -0.504 e. The summed E-state index contributed by atoms with van der Waals surface area (Å²) in [4.78, 5) is 0. The predicted octanol–water partition coefficient (Wildman–Crippen LogP) is 1.02. The van der Waals surface area contributed by atoms with Crippen molar-refractivity contribution in [1.29, 1.82) is 0 Å². The van der Waals surface area contributed by atoms with Gasteiger partial charge in [-0.05, 0) is 37.5 Å². The zero-order valence-electron chi connectivity index (χ0n) is 8.60. The van der Waals surface area contributed by atoms with E-state index in [0.29, 0.717) is 5.56 Å². The zero-order chi connectivity index (χ0) is 12.2. The molecule has 0 bridgehead atoms. The largest absolute Gasteiger partial charge is 0.504 e. The number of phenolic OH excluding ortho intramolecular Hbond substituents is 2. The lowest BCUT2D eigenvalue weighted by atomic mass is 10.0. The van der Waals surface area contributed by atoms with Gasteiger partial charge in [0, 0.05) is 0 Å². The maximum atomic E-state index is 9.32. The molecule has 15 heavy (non-hydrogen) atoms. The Morgan fingerprint density at radius 3 is 1.73 bits per heavy atom. The summed E-state index contributed by atoms with van der Waals surface area (Å²) in [5, 5.41) is 18.6. The molecule has 0 aliphatic rings. The minimum atomic E-state index is -3.11. The van der Waals surface area contributed by atoms with Crippen LogP contribution in [0.5, 0.6) is 11.5 Å². The Bertz CT molecular complexity index is 428. The summed E-state index contributed by atoms with van der Waals surface area (Å²) in [5.41, 5.74) is 2.46. The molecule has 0 spiro atoms. The fourth-order valence-electron chi connectivity index (χ4n) is 1.05. The smallest absolute Gasteiger partial charge is 0.425 e. The van der Waals surface area contributed by atoms with Gasteiger partial charge in [-0.3, -0.25) is 0 Å². The van der Waals surface area contributed by atoms with Crippen LogP contribution in [0.3, 0.4) is 0 Å². The lowest BCUT2D eigenvalue weighted by molar-refractivity contribution is 0.398.